The van der Waals surface area contributed by atoms with Crippen LogP contribution in [-0.4, -0.2) is 31.0 Å². The lowest BCUT2D eigenvalue weighted by atomic mass is 10.1. The average molecular weight is 432 g/mol. The normalized spacial score (nSPS) is 11.3. The molecule has 0 unspecified atom stereocenters. The van der Waals surface area contributed by atoms with Crippen molar-refractivity contribution in [1.82, 2.24) is 9.59 Å². The number of carbonyl (C=O) groups excluding carboxylic acids is 1. The number of sulfonamides is 1. The molecular weight excluding hydrogens is 410 g/mol. The molecule has 1 aromatic heterocycles. The minimum absolute atomic E-state index is 0.225. The highest BCUT2D eigenvalue weighted by atomic mass is 32.2. The summed E-state index contributed by atoms with van der Waals surface area (Å²) in [4.78, 5) is 12.9. The van der Waals surface area contributed by atoms with Crippen LogP contribution in [0.4, 0.5) is 5.69 Å². The molecule has 3 rings (SSSR count). The molecule has 0 fully saturated rings. The van der Waals surface area contributed by atoms with Gasteiger partial charge in [0.15, 0.2) is 4.88 Å². The summed E-state index contributed by atoms with van der Waals surface area (Å²) in [7, 11) is -2.21. The Kier molecular flexibility index (Phi) is 5.99. The molecule has 0 aliphatic heterocycles. The van der Waals surface area contributed by atoms with Gasteiger partial charge in [0, 0.05) is 7.05 Å². The minimum atomic E-state index is -3.70. The first-order valence-corrected chi connectivity index (χ1v) is 11.1. The number of ether oxygens (including phenoxy) is 1. The van der Waals surface area contributed by atoms with Crippen LogP contribution in [0.25, 0.3) is 0 Å². The summed E-state index contributed by atoms with van der Waals surface area (Å²) >= 11 is 0.989. The number of anilines is 1. The van der Waals surface area contributed by atoms with E-state index in [1.54, 1.807) is 42.5 Å². The molecule has 0 aliphatic rings. The van der Waals surface area contributed by atoms with Crippen LogP contribution in [0.5, 0.6) is 5.75 Å². The predicted octanol–water partition coefficient (Wildman–Crippen LogP) is 3.76. The molecule has 7 nitrogen and oxygen atoms in total. The lowest BCUT2D eigenvalue weighted by molar-refractivity contribution is 0.0738. The molecule has 3 aromatic rings. The Balaban J connectivity index is 1.78. The predicted molar refractivity (Wildman–Crippen MR) is 112 cm³/mol. The third kappa shape index (κ3) is 4.30. The lowest BCUT2D eigenvalue weighted by Gasteiger charge is -2.20. The van der Waals surface area contributed by atoms with Crippen molar-refractivity contribution in [3.05, 3.63) is 64.2 Å². The van der Waals surface area contributed by atoms with Crippen LogP contribution in [0.1, 0.15) is 33.4 Å². The van der Waals surface area contributed by atoms with Crippen LogP contribution in [0, 0.1) is 13.8 Å². The number of hydrogen-bond donors (Lipinski definition) is 0. The SMILES string of the molecule is CCc1nnsc1C(=O)Oc1ccc(N(C)S(=O)(=O)c2ccc(C)c(C)c2)cc1. The smallest absolute Gasteiger partial charge is 0.357 e. The minimum Gasteiger partial charge on any atom is -0.422 e. The van der Waals surface area contributed by atoms with E-state index in [4.69, 9.17) is 4.74 Å². The van der Waals surface area contributed by atoms with Gasteiger partial charge in [-0.2, -0.15) is 0 Å². The van der Waals surface area contributed by atoms with Crippen LogP contribution >= 0.6 is 11.5 Å². The highest BCUT2D eigenvalue weighted by molar-refractivity contribution is 7.92. The summed E-state index contributed by atoms with van der Waals surface area (Å²) in [5, 5.41) is 3.90. The van der Waals surface area contributed by atoms with Crippen molar-refractivity contribution in [2.75, 3.05) is 11.4 Å². The van der Waals surface area contributed by atoms with E-state index in [2.05, 4.69) is 9.59 Å². The highest BCUT2D eigenvalue weighted by Gasteiger charge is 2.22. The van der Waals surface area contributed by atoms with Crippen LogP contribution in [0.3, 0.4) is 0 Å². The summed E-state index contributed by atoms with van der Waals surface area (Å²) in [5.41, 5.74) is 2.98. The van der Waals surface area contributed by atoms with Gasteiger partial charge in [-0.05, 0) is 79.3 Å². The second-order valence-corrected chi connectivity index (χ2v) is 9.23. The fourth-order valence-electron chi connectivity index (χ4n) is 2.64. The van der Waals surface area contributed by atoms with Crippen molar-refractivity contribution < 1.29 is 17.9 Å². The van der Waals surface area contributed by atoms with E-state index in [0.29, 0.717) is 28.4 Å². The van der Waals surface area contributed by atoms with Crippen molar-refractivity contribution >= 4 is 33.2 Å². The van der Waals surface area contributed by atoms with E-state index < -0.39 is 16.0 Å². The summed E-state index contributed by atoms with van der Waals surface area (Å²) in [6, 6.07) is 11.3. The highest BCUT2D eigenvalue weighted by Crippen LogP contribution is 2.26. The van der Waals surface area contributed by atoms with Crippen LogP contribution in [0.2, 0.25) is 0 Å². The molecule has 2 aromatic carbocycles. The molecule has 29 heavy (non-hydrogen) atoms. The Morgan fingerprint density at radius 3 is 2.41 bits per heavy atom. The van der Waals surface area contributed by atoms with Gasteiger partial charge in [0.1, 0.15) is 5.75 Å². The van der Waals surface area contributed by atoms with Crippen LogP contribution in [0.15, 0.2) is 47.4 Å². The summed E-state index contributed by atoms with van der Waals surface area (Å²) in [5.74, 6) is -0.216. The van der Waals surface area contributed by atoms with Gasteiger partial charge in [0.05, 0.1) is 16.3 Å². The molecule has 0 saturated heterocycles. The largest absolute Gasteiger partial charge is 0.422 e. The zero-order valence-electron chi connectivity index (χ0n) is 16.5. The van der Waals surface area contributed by atoms with Crippen molar-refractivity contribution in [1.29, 1.82) is 0 Å². The van der Waals surface area contributed by atoms with Gasteiger partial charge in [-0.1, -0.05) is 17.5 Å². The standard InChI is InChI=1S/C20H21N3O4S2/c1-5-18-19(28-22-21-18)20(24)27-16-9-7-15(8-10-16)23(4)29(25,26)17-11-6-13(2)14(3)12-17/h6-12H,5H2,1-4H3. The van der Waals surface area contributed by atoms with Crippen molar-refractivity contribution in [3.8, 4) is 5.75 Å². The fourth-order valence-corrected chi connectivity index (χ4v) is 4.55. The second kappa shape index (κ2) is 8.30. The Morgan fingerprint density at radius 1 is 1.10 bits per heavy atom. The van der Waals surface area contributed by atoms with Crippen molar-refractivity contribution in [3.63, 3.8) is 0 Å². The third-order valence-corrected chi connectivity index (χ3v) is 7.15. The first-order valence-electron chi connectivity index (χ1n) is 8.93. The fraction of sp³-hybridized carbons (Fsp3) is 0.250. The Morgan fingerprint density at radius 2 is 1.79 bits per heavy atom. The molecule has 152 valence electrons. The Labute approximate surface area is 174 Å². The number of nitrogens with zero attached hydrogens (tertiary/aromatic N) is 3. The van der Waals surface area contributed by atoms with Gasteiger partial charge in [-0.15, -0.1) is 5.10 Å². The van der Waals surface area contributed by atoms with Gasteiger partial charge >= 0.3 is 5.97 Å². The maximum atomic E-state index is 12.9. The number of hydrogen-bond acceptors (Lipinski definition) is 7. The topological polar surface area (TPSA) is 89.5 Å². The summed E-state index contributed by atoms with van der Waals surface area (Å²) in [6.45, 7) is 5.69. The van der Waals surface area contributed by atoms with E-state index in [0.717, 1.165) is 22.7 Å². The lowest BCUT2D eigenvalue weighted by Crippen LogP contribution is -2.26. The van der Waals surface area contributed by atoms with Crippen LogP contribution in [-0.2, 0) is 16.4 Å². The van der Waals surface area contributed by atoms with E-state index in [9.17, 15) is 13.2 Å². The zero-order valence-corrected chi connectivity index (χ0v) is 18.2. The molecule has 0 bridgehead atoms. The molecule has 0 spiro atoms. The van der Waals surface area contributed by atoms with Crippen molar-refractivity contribution in [2.24, 2.45) is 0 Å². The van der Waals surface area contributed by atoms with E-state index in [1.165, 1.54) is 11.4 Å². The van der Waals surface area contributed by atoms with Gasteiger partial charge in [-0.25, -0.2) is 13.2 Å². The van der Waals surface area contributed by atoms with Gasteiger partial charge in [-0.3, -0.25) is 4.31 Å². The van der Waals surface area contributed by atoms with Gasteiger partial charge in [0.25, 0.3) is 10.0 Å². The molecule has 0 amide bonds. The number of rotatable bonds is 6. The van der Waals surface area contributed by atoms with Crippen LogP contribution < -0.4 is 9.04 Å². The first kappa shape index (κ1) is 20.9. The molecule has 0 saturated carbocycles. The number of aryl methyl sites for hydroxylation is 3. The maximum Gasteiger partial charge on any atom is 0.357 e. The summed E-state index contributed by atoms with van der Waals surface area (Å²) in [6.07, 6.45) is 0.584. The average Bonchev–Trinajstić information content (AvgIpc) is 3.19. The van der Waals surface area contributed by atoms with Gasteiger partial charge in [0.2, 0.25) is 0 Å². The third-order valence-electron chi connectivity index (χ3n) is 4.62. The second-order valence-electron chi connectivity index (χ2n) is 6.50. The van der Waals surface area contributed by atoms with Gasteiger partial charge < -0.3 is 4.74 Å². The zero-order chi connectivity index (χ0) is 21.2. The summed E-state index contributed by atoms with van der Waals surface area (Å²) < 4.78 is 36.2. The number of aromatic nitrogens is 2. The molecule has 9 heteroatoms. The van der Waals surface area contributed by atoms with E-state index >= 15 is 0 Å². The molecule has 0 radical (unpaired) electrons. The maximum absolute atomic E-state index is 12.9. The molecule has 1 heterocycles. The van der Waals surface area contributed by atoms with E-state index in [1.807, 2.05) is 20.8 Å². The van der Waals surface area contributed by atoms with Crippen molar-refractivity contribution in [2.45, 2.75) is 32.1 Å². The number of esters is 1. The monoisotopic (exact) mass is 431 g/mol. The number of benzene rings is 2. The van der Waals surface area contributed by atoms with E-state index in [-0.39, 0.29) is 4.90 Å². The molecular formula is C20H21N3O4S2. The quantitative estimate of drug-likeness (QED) is 0.436. The molecule has 0 aliphatic carbocycles. The Bertz CT molecular complexity index is 1140. The first-order chi connectivity index (χ1) is 13.7. The molecule has 0 atom stereocenters. The molecule has 0 N–H and O–H groups in total. The Hall–Kier alpha value is -2.78. The number of carbonyl (C=O) groups is 1.